The van der Waals surface area contributed by atoms with Gasteiger partial charge in [0.2, 0.25) is 5.91 Å². The summed E-state index contributed by atoms with van der Waals surface area (Å²) in [5.74, 6) is -0.0159. The molecule has 0 fully saturated rings. The first-order chi connectivity index (χ1) is 9.13. The van der Waals surface area contributed by atoms with E-state index in [1.54, 1.807) is 28.0 Å². The zero-order valence-corrected chi connectivity index (χ0v) is 12.4. The summed E-state index contributed by atoms with van der Waals surface area (Å²) < 4.78 is 4.33. The molecule has 0 spiro atoms. The SMILES string of the molecule is O=C(CCn1cc(Cl)cn1)NCCn1cc(Br)cn1. The third-order valence-corrected chi connectivity index (χ3v) is 3.04. The van der Waals surface area contributed by atoms with E-state index >= 15 is 0 Å². The average Bonchev–Trinajstić information content (AvgIpc) is 2.96. The molecule has 1 N–H and O–H groups in total. The summed E-state index contributed by atoms with van der Waals surface area (Å²) in [4.78, 5) is 11.6. The molecule has 2 heterocycles. The van der Waals surface area contributed by atoms with E-state index in [1.807, 2.05) is 6.20 Å². The van der Waals surface area contributed by atoms with Crippen LogP contribution >= 0.6 is 27.5 Å². The van der Waals surface area contributed by atoms with E-state index < -0.39 is 0 Å². The standard InChI is InChI=1S/C11H13BrClN5O/c12-9-5-15-18(7-9)4-2-14-11(19)1-3-17-8-10(13)6-16-17/h5-8H,1-4H2,(H,14,19). The molecule has 0 atom stereocenters. The second kappa shape index (κ2) is 6.72. The van der Waals surface area contributed by atoms with Gasteiger partial charge in [-0.15, -0.1) is 0 Å². The van der Waals surface area contributed by atoms with Gasteiger partial charge < -0.3 is 5.32 Å². The van der Waals surface area contributed by atoms with Crippen LogP contribution < -0.4 is 5.32 Å². The fourth-order valence-electron chi connectivity index (χ4n) is 1.54. The molecule has 0 aromatic carbocycles. The molecule has 6 nitrogen and oxygen atoms in total. The molecule has 0 aliphatic rings. The molecule has 8 heteroatoms. The second-order valence-electron chi connectivity index (χ2n) is 3.94. The van der Waals surface area contributed by atoms with Crippen LogP contribution in [-0.2, 0) is 17.9 Å². The summed E-state index contributed by atoms with van der Waals surface area (Å²) in [5, 5.41) is 11.5. The molecule has 2 aromatic rings. The highest BCUT2D eigenvalue weighted by molar-refractivity contribution is 9.10. The minimum atomic E-state index is -0.0159. The van der Waals surface area contributed by atoms with Gasteiger partial charge in [0.1, 0.15) is 0 Å². The lowest BCUT2D eigenvalue weighted by atomic mass is 10.4. The first kappa shape index (κ1) is 14.1. The Bertz CT molecular complexity index is 553. The van der Waals surface area contributed by atoms with E-state index in [0.717, 1.165) is 4.47 Å². The van der Waals surface area contributed by atoms with Gasteiger partial charge in [-0.05, 0) is 15.9 Å². The predicted molar refractivity (Wildman–Crippen MR) is 74.8 cm³/mol. The van der Waals surface area contributed by atoms with Crippen molar-refractivity contribution in [2.24, 2.45) is 0 Å². The van der Waals surface area contributed by atoms with Crippen LogP contribution in [0.2, 0.25) is 5.02 Å². The first-order valence-electron chi connectivity index (χ1n) is 5.76. The summed E-state index contributed by atoms with van der Waals surface area (Å²) in [6.45, 7) is 1.71. The van der Waals surface area contributed by atoms with Gasteiger partial charge in [0, 0.05) is 31.9 Å². The topological polar surface area (TPSA) is 64.7 Å². The van der Waals surface area contributed by atoms with E-state index in [-0.39, 0.29) is 5.91 Å². The van der Waals surface area contributed by atoms with Gasteiger partial charge in [-0.2, -0.15) is 10.2 Å². The number of carbonyl (C=O) groups is 1. The molecule has 2 rings (SSSR count). The predicted octanol–water partition coefficient (Wildman–Crippen LogP) is 1.70. The number of amides is 1. The van der Waals surface area contributed by atoms with Crippen LogP contribution in [-0.4, -0.2) is 32.0 Å². The van der Waals surface area contributed by atoms with E-state index in [4.69, 9.17) is 11.6 Å². The monoisotopic (exact) mass is 345 g/mol. The third-order valence-electron chi connectivity index (χ3n) is 2.43. The number of aryl methyl sites for hydroxylation is 1. The van der Waals surface area contributed by atoms with Crippen molar-refractivity contribution in [3.05, 3.63) is 34.3 Å². The van der Waals surface area contributed by atoms with E-state index in [9.17, 15) is 4.79 Å². The Morgan fingerprint density at radius 1 is 1.26 bits per heavy atom. The zero-order valence-electron chi connectivity index (χ0n) is 10.1. The molecule has 2 aromatic heterocycles. The summed E-state index contributed by atoms with van der Waals surface area (Å²) >= 11 is 9.05. The van der Waals surface area contributed by atoms with Gasteiger partial charge in [-0.1, -0.05) is 11.6 Å². The number of hydrogen-bond acceptors (Lipinski definition) is 3. The Morgan fingerprint density at radius 2 is 2.00 bits per heavy atom. The van der Waals surface area contributed by atoms with Crippen molar-refractivity contribution < 1.29 is 4.79 Å². The molecule has 0 aliphatic carbocycles. The number of nitrogens with one attached hydrogen (secondary N) is 1. The molecule has 102 valence electrons. The average molecular weight is 347 g/mol. The summed E-state index contributed by atoms with van der Waals surface area (Å²) in [6.07, 6.45) is 7.19. The van der Waals surface area contributed by atoms with Crippen LogP contribution in [0.1, 0.15) is 6.42 Å². The molecule has 0 saturated heterocycles. The first-order valence-corrected chi connectivity index (χ1v) is 6.93. The number of halogens is 2. The lowest BCUT2D eigenvalue weighted by Gasteiger charge is -2.05. The van der Waals surface area contributed by atoms with Gasteiger partial charge in [0.15, 0.2) is 0 Å². The van der Waals surface area contributed by atoms with Crippen molar-refractivity contribution in [1.82, 2.24) is 24.9 Å². The smallest absolute Gasteiger partial charge is 0.221 e. The van der Waals surface area contributed by atoms with Crippen LogP contribution in [0.25, 0.3) is 0 Å². The van der Waals surface area contributed by atoms with Gasteiger partial charge >= 0.3 is 0 Å². The lowest BCUT2D eigenvalue weighted by Crippen LogP contribution is -2.28. The van der Waals surface area contributed by atoms with Crippen LogP contribution in [0.3, 0.4) is 0 Å². The van der Waals surface area contributed by atoms with Gasteiger partial charge in [-0.25, -0.2) is 0 Å². The summed E-state index contributed by atoms with van der Waals surface area (Å²) in [6, 6.07) is 0. The third kappa shape index (κ3) is 4.68. The minimum Gasteiger partial charge on any atom is -0.354 e. The van der Waals surface area contributed by atoms with Gasteiger partial charge in [0.05, 0.1) is 28.4 Å². The fourth-order valence-corrected chi connectivity index (χ4v) is 2.02. The summed E-state index contributed by atoms with van der Waals surface area (Å²) in [5.41, 5.74) is 0. The highest BCUT2D eigenvalue weighted by Gasteiger charge is 2.03. The maximum absolute atomic E-state index is 11.6. The molecule has 0 unspecified atom stereocenters. The maximum atomic E-state index is 11.6. The molecule has 0 saturated carbocycles. The number of carbonyl (C=O) groups excluding carboxylic acids is 1. The lowest BCUT2D eigenvalue weighted by molar-refractivity contribution is -0.121. The van der Waals surface area contributed by atoms with E-state index in [2.05, 4.69) is 31.4 Å². The van der Waals surface area contributed by atoms with Crippen LogP contribution in [0.5, 0.6) is 0 Å². The second-order valence-corrected chi connectivity index (χ2v) is 5.30. The Kier molecular flexibility index (Phi) is 4.98. The fraction of sp³-hybridized carbons (Fsp3) is 0.364. The van der Waals surface area contributed by atoms with Crippen molar-refractivity contribution >= 4 is 33.4 Å². The van der Waals surface area contributed by atoms with Gasteiger partial charge in [0.25, 0.3) is 0 Å². The highest BCUT2D eigenvalue weighted by Crippen LogP contribution is 2.06. The Labute approximate surface area is 123 Å². The van der Waals surface area contributed by atoms with Crippen molar-refractivity contribution in [3.8, 4) is 0 Å². The van der Waals surface area contributed by atoms with E-state index in [1.165, 1.54) is 0 Å². The van der Waals surface area contributed by atoms with Gasteiger partial charge in [-0.3, -0.25) is 14.2 Å². The molecule has 1 amide bonds. The largest absolute Gasteiger partial charge is 0.354 e. The molecule has 19 heavy (non-hydrogen) atoms. The molecule has 0 bridgehead atoms. The summed E-state index contributed by atoms with van der Waals surface area (Å²) in [7, 11) is 0. The molecule has 0 radical (unpaired) electrons. The number of rotatable bonds is 6. The minimum absolute atomic E-state index is 0.0159. The zero-order chi connectivity index (χ0) is 13.7. The normalized spacial score (nSPS) is 10.6. The Hall–Kier alpha value is -1.34. The van der Waals surface area contributed by atoms with Crippen LogP contribution in [0, 0.1) is 0 Å². The van der Waals surface area contributed by atoms with Crippen molar-refractivity contribution in [2.75, 3.05) is 6.54 Å². The van der Waals surface area contributed by atoms with Crippen LogP contribution in [0.4, 0.5) is 0 Å². The molecular weight excluding hydrogens is 334 g/mol. The van der Waals surface area contributed by atoms with Crippen molar-refractivity contribution in [2.45, 2.75) is 19.5 Å². The number of nitrogens with zero attached hydrogens (tertiary/aromatic N) is 4. The van der Waals surface area contributed by atoms with Crippen molar-refractivity contribution in [1.29, 1.82) is 0 Å². The van der Waals surface area contributed by atoms with E-state index in [0.29, 0.717) is 31.1 Å². The Balaban J connectivity index is 1.64. The highest BCUT2D eigenvalue weighted by atomic mass is 79.9. The van der Waals surface area contributed by atoms with Crippen molar-refractivity contribution in [3.63, 3.8) is 0 Å². The number of aromatic nitrogens is 4. The Morgan fingerprint density at radius 3 is 2.63 bits per heavy atom. The quantitative estimate of drug-likeness (QED) is 0.866. The molecule has 0 aliphatic heterocycles. The number of hydrogen-bond donors (Lipinski definition) is 1. The maximum Gasteiger partial charge on any atom is 0.221 e. The van der Waals surface area contributed by atoms with Crippen LogP contribution in [0.15, 0.2) is 29.3 Å². The molecular formula is C11H13BrClN5O.